The summed E-state index contributed by atoms with van der Waals surface area (Å²) in [6.07, 6.45) is 0.0579. The third-order valence-electron chi connectivity index (χ3n) is 5.97. The molecule has 0 aliphatic carbocycles. The van der Waals surface area contributed by atoms with Gasteiger partial charge in [0.05, 0.1) is 43.2 Å². The van der Waals surface area contributed by atoms with E-state index >= 15 is 0 Å². The Morgan fingerprint density at radius 1 is 1.06 bits per heavy atom. The normalized spacial score (nSPS) is 20.7. The van der Waals surface area contributed by atoms with Crippen LogP contribution in [0.2, 0.25) is 5.02 Å². The topological polar surface area (TPSA) is 96.3 Å². The molecule has 0 unspecified atom stereocenters. The molecule has 32 heavy (non-hydrogen) atoms. The molecule has 8 nitrogen and oxygen atoms in total. The minimum absolute atomic E-state index is 0.0579. The lowest BCUT2D eigenvalue weighted by molar-refractivity contribution is -0.918. The second kappa shape index (κ2) is 8.74. The van der Waals surface area contributed by atoms with Crippen LogP contribution in [0.1, 0.15) is 23.7 Å². The van der Waals surface area contributed by atoms with Crippen LogP contribution in [-0.2, 0) is 19.6 Å². The lowest BCUT2D eigenvalue weighted by Crippen LogP contribution is -3.19. The number of ketones is 1. The maximum atomic E-state index is 13.1. The van der Waals surface area contributed by atoms with Crippen LogP contribution >= 0.6 is 11.6 Å². The van der Waals surface area contributed by atoms with Crippen molar-refractivity contribution in [3.05, 3.63) is 59.1 Å². The second-order valence-electron chi connectivity index (χ2n) is 7.95. The van der Waals surface area contributed by atoms with Crippen LogP contribution in [0.5, 0.6) is 0 Å². The Bertz CT molecular complexity index is 1170. The number of benzene rings is 2. The van der Waals surface area contributed by atoms with Crippen molar-refractivity contribution in [3.63, 3.8) is 0 Å². The lowest BCUT2D eigenvalue weighted by atomic mass is 10.1. The molecule has 2 aliphatic rings. The van der Waals surface area contributed by atoms with E-state index in [-0.39, 0.29) is 42.0 Å². The van der Waals surface area contributed by atoms with Crippen LogP contribution in [0.25, 0.3) is 0 Å². The number of amides is 2. The smallest absolute Gasteiger partial charge is 0.292 e. The fraction of sp³-hybridized carbons (Fsp3) is 0.318. The Labute approximate surface area is 191 Å². The Balaban J connectivity index is 1.46. The first-order chi connectivity index (χ1) is 15.2. The molecule has 2 aromatic rings. The van der Waals surface area contributed by atoms with Crippen LogP contribution in [-0.4, -0.2) is 62.5 Å². The van der Waals surface area contributed by atoms with Gasteiger partial charge in [-0.15, -0.1) is 0 Å². The van der Waals surface area contributed by atoms with Gasteiger partial charge in [-0.3, -0.25) is 14.4 Å². The summed E-state index contributed by atoms with van der Waals surface area (Å²) in [4.78, 5) is 39.6. The van der Waals surface area contributed by atoms with Gasteiger partial charge in [0.1, 0.15) is 0 Å². The molecule has 0 bridgehead atoms. The number of Topliss-reactive ketones (excluding diaryl/α,β-unsaturated/α-hetero) is 1. The number of hydrogen-bond acceptors (Lipinski definition) is 5. The van der Waals surface area contributed by atoms with E-state index in [0.717, 1.165) is 9.80 Å². The fourth-order valence-corrected chi connectivity index (χ4v) is 5.77. The summed E-state index contributed by atoms with van der Waals surface area (Å²) in [5.41, 5.74) is 0.818. The van der Waals surface area contributed by atoms with Gasteiger partial charge in [0, 0.05) is 10.6 Å². The fourth-order valence-electron chi connectivity index (χ4n) is 4.20. The Hall–Kier alpha value is -2.59. The number of rotatable bonds is 5. The maximum Gasteiger partial charge on any atom is 0.292 e. The van der Waals surface area contributed by atoms with Crippen molar-refractivity contribution in [3.8, 4) is 0 Å². The summed E-state index contributed by atoms with van der Waals surface area (Å²) < 4.78 is 27.2. The number of halogens is 1. The molecule has 0 saturated carbocycles. The molecule has 168 valence electrons. The first kappa shape index (κ1) is 22.6. The van der Waals surface area contributed by atoms with Gasteiger partial charge in [0.2, 0.25) is 15.9 Å². The van der Waals surface area contributed by atoms with Crippen molar-refractivity contribution < 1.29 is 27.7 Å². The van der Waals surface area contributed by atoms with Crippen molar-refractivity contribution in [2.45, 2.75) is 24.3 Å². The van der Waals surface area contributed by atoms with Gasteiger partial charge in [-0.05, 0) is 43.3 Å². The number of hydrogen-bond donors (Lipinski definition) is 1. The van der Waals surface area contributed by atoms with Crippen LogP contribution in [0.15, 0.2) is 53.4 Å². The van der Waals surface area contributed by atoms with E-state index in [1.165, 1.54) is 35.5 Å². The van der Waals surface area contributed by atoms with E-state index in [0.29, 0.717) is 29.4 Å². The number of nitrogens with zero attached hydrogens (tertiary/aromatic N) is 2. The van der Waals surface area contributed by atoms with Gasteiger partial charge in [-0.25, -0.2) is 13.3 Å². The van der Waals surface area contributed by atoms with Gasteiger partial charge in [0.15, 0.2) is 11.8 Å². The number of carbonyl (C=O) groups is 3. The summed E-state index contributed by atoms with van der Waals surface area (Å²) in [6.45, 7) is 2.75. The van der Waals surface area contributed by atoms with Gasteiger partial charge in [0.25, 0.3) is 5.91 Å². The van der Waals surface area contributed by atoms with Crippen LogP contribution in [0, 0.1) is 0 Å². The molecule has 2 aliphatic heterocycles. The molecule has 2 saturated heterocycles. The highest BCUT2D eigenvalue weighted by Gasteiger charge is 2.47. The molecule has 4 rings (SSSR count). The summed E-state index contributed by atoms with van der Waals surface area (Å²) in [5, 5.41) is 0.459. The quantitative estimate of drug-likeness (QED) is 0.508. The molecule has 10 heteroatoms. The van der Waals surface area contributed by atoms with E-state index in [1.54, 1.807) is 24.3 Å². The SMILES string of the molecule is CC(=O)c1cccc(N2C(=O)C[C@@H]([NH+]3CCN(S(=O)(=O)c4ccc(Cl)cc4)CC3)C2=O)c1. The summed E-state index contributed by atoms with van der Waals surface area (Å²) in [6, 6.07) is 11.9. The average molecular weight is 477 g/mol. The molecule has 0 radical (unpaired) electrons. The van der Waals surface area contributed by atoms with Gasteiger partial charge in [-0.1, -0.05) is 23.7 Å². The average Bonchev–Trinajstić information content (AvgIpc) is 3.08. The molecule has 1 atom stereocenters. The second-order valence-corrected chi connectivity index (χ2v) is 10.3. The number of sulfonamides is 1. The Morgan fingerprint density at radius 3 is 2.34 bits per heavy atom. The number of imide groups is 1. The third-order valence-corrected chi connectivity index (χ3v) is 8.13. The summed E-state index contributed by atoms with van der Waals surface area (Å²) in [7, 11) is -3.65. The molecule has 2 heterocycles. The van der Waals surface area contributed by atoms with Gasteiger partial charge >= 0.3 is 0 Å². The largest absolute Gasteiger partial charge is 0.322 e. The van der Waals surface area contributed by atoms with E-state index in [1.807, 2.05) is 0 Å². The number of anilines is 1. The van der Waals surface area contributed by atoms with Crippen molar-refractivity contribution >= 4 is 44.9 Å². The number of quaternary nitrogens is 1. The third kappa shape index (κ3) is 4.21. The monoisotopic (exact) mass is 476 g/mol. The lowest BCUT2D eigenvalue weighted by Gasteiger charge is -2.33. The highest BCUT2D eigenvalue weighted by atomic mass is 35.5. The number of nitrogens with one attached hydrogen (secondary N) is 1. The van der Waals surface area contributed by atoms with E-state index in [2.05, 4.69) is 0 Å². The van der Waals surface area contributed by atoms with Crippen LogP contribution in [0.3, 0.4) is 0 Å². The highest BCUT2D eigenvalue weighted by Crippen LogP contribution is 2.24. The van der Waals surface area contributed by atoms with Crippen molar-refractivity contribution in [2.75, 3.05) is 31.1 Å². The summed E-state index contributed by atoms with van der Waals surface area (Å²) >= 11 is 5.85. The number of carbonyl (C=O) groups excluding carboxylic acids is 3. The van der Waals surface area contributed by atoms with Crippen molar-refractivity contribution in [2.24, 2.45) is 0 Å². The van der Waals surface area contributed by atoms with E-state index in [9.17, 15) is 22.8 Å². The first-order valence-electron chi connectivity index (χ1n) is 10.3. The standard InChI is InChI=1S/C22H22ClN3O5S/c1-15(27)16-3-2-4-18(13-16)26-21(28)14-20(22(26)29)24-9-11-25(12-10-24)32(30,31)19-7-5-17(23)6-8-19/h2-8,13,20H,9-12,14H2,1H3/p+1/t20-/m1/s1. The molecule has 1 N–H and O–H groups in total. The highest BCUT2D eigenvalue weighted by molar-refractivity contribution is 7.89. The zero-order chi connectivity index (χ0) is 23.0. The van der Waals surface area contributed by atoms with Crippen LogP contribution in [0.4, 0.5) is 5.69 Å². The molecule has 2 aromatic carbocycles. The van der Waals surface area contributed by atoms with E-state index < -0.39 is 16.1 Å². The Kier molecular flexibility index (Phi) is 6.17. The Morgan fingerprint density at radius 2 is 1.72 bits per heavy atom. The van der Waals surface area contributed by atoms with Crippen molar-refractivity contribution in [1.29, 1.82) is 0 Å². The number of piperazine rings is 1. The maximum absolute atomic E-state index is 13.1. The zero-order valence-electron chi connectivity index (χ0n) is 17.5. The van der Waals surface area contributed by atoms with Gasteiger partial charge in [-0.2, -0.15) is 4.31 Å². The predicted octanol–water partition coefficient (Wildman–Crippen LogP) is 0.764. The van der Waals surface area contributed by atoms with E-state index in [4.69, 9.17) is 11.6 Å². The molecule has 2 fully saturated rings. The zero-order valence-corrected chi connectivity index (χ0v) is 19.0. The predicted molar refractivity (Wildman–Crippen MR) is 118 cm³/mol. The molecular weight excluding hydrogens is 454 g/mol. The van der Waals surface area contributed by atoms with Crippen molar-refractivity contribution in [1.82, 2.24) is 4.31 Å². The molecule has 0 aromatic heterocycles. The first-order valence-corrected chi connectivity index (χ1v) is 12.1. The molecule has 0 spiro atoms. The molecule has 2 amide bonds. The minimum atomic E-state index is -3.65. The minimum Gasteiger partial charge on any atom is -0.322 e. The van der Waals surface area contributed by atoms with Crippen LogP contribution < -0.4 is 9.80 Å². The summed E-state index contributed by atoms with van der Waals surface area (Å²) in [5.74, 6) is -0.782. The van der Waals surface area contributed by atoms with Gasteiger partial charge < -0.3 is 4.90 Å². The molecular formula is C22H23ClN3O5S+.